The number of rotatable bonds is 1. The largest absolute Gasteiger partial charge is 0.492 e. The number of aryl methyl sites for hydroxylation is 5. The van der Waals surface area contributed by atoms with Crippen molar-refractivity contribution in [3.05, 3.63) is 40.8 Å². The van der Waals surface area contributed by atoms with Gasteiger partial charge in [0.05, 0.1) is 0 Å². The molecule has 0 fully saturated rings. The lowest BCUT2D eigenvalue weighted by Gasteiger charge is -2.10. The van der Waals surface area contributed by atoms with E-state index in [0.29, 0.717) is 11.3 Å². The van der Waals surface area contributed by atoms with Crippen LogP contribution in [0.4, 0.5) is 0 Å². The molecule has 3 aromatic rings. The Balaban J connectivity index is 2.42. The molecule has 21 heavy (non-hydrogen) atoms. The van der Waals surface area contributed by atoms with Crippen molar-refractivity contribution in [3.8, 4) is 17.0 Å². The summed E-state index contributed by atoms with van der Waals surface area (Å²) in [6, 6.07) is 4.35. The second kappa shape index (κ2) is 4.58. The van der Waals surface area contributed by atoms with Gasteiger partial charge in [0, 0.05) is 18.8 Å². The number of aromatic hydroxyl groups is 1. The van der Waals surface area contributed by atoms with Gasteiger partial charge in [0.2, 0.25) is 5.88 Å². The minimum Gasteiger partial charge on any atom is -0.492 e. The lowest BCUT2D eigenvalue weighted by molar-refractivity contribution is 0.455. The third kappa shape index (κ3) is 2.07. The normalized spacial score (nSPS) is 11.3. The summed E-state index contributed by atoms with van der Waals surface area (Å²) >= 11 is 0. The highest BCUT2D eigenvalue weighted by Crippen LogP contribution is 2.36. The van der Waals surface area contributed by atoms with Crippen LogP contribution in [0.1, 0.15) is 22.5 Å². The van der Waals surface area contributed by atoms with E-state index >= 15 is 0 Å². The number of benzene rings is 1. The molecule has 1 aromatic carbocycles. The summed E-state index contributed by atoms with van der Waals surface area (Å²) in [5, 5.41) is 10.1. The van der Waals surface area contributed by atoms with E-state index in [1.807, 2.05) is 17.8 Å². The van der Waals surface area contributed by atoms with Crippen molar-refractivity contribution in [2.45, 2.75) is 27.7 Å². The third-order valence-electron chi connectivity index (χ3n) is 3.85. The van der Waals surface area contributed by atoms with Gasteiger partial charge < -0.3 is 9.67 Å². The van der Waals surface area contributed by atoms with E-state index in [4.69, 9.17) is 0 Å². The molecule has 0 aliphatic carbocycles. The molecule has 2 heterocycles. The summed E-state index contributed by atoms with van der Waals surface area (Å²) in [5.41, 5.74) is 7.40. The standard InChI is InChI=1S/C17H19N3O/c1-9-6-10(2)14(11(3)7-9)13-8-20(5)16-15(13)18-12(4)19-17(16)21/h6-8H,1-5H3,(H,18,19,21). The molecule has 108 valence electrons. The lowest BCUT2D eigenvalue weighted by Crippen LogP contribution is -1.93. The molecule has 1 N–H and O–H groups in total. The van der Waals surface area contributed by atoms with E-state index in [2.05, 4.69) is 42.9 Å². The highest BCUT2D eigenvalue weighted by Gasteiger charge is 2.18. The van der Waals surface area contributed by atoms with Gasteiger partial charge in [0.1, 0.15) is 16.9 Å². The fraction of sp³-hybridized carbons (Fsp3) is 0.294. The molecule has 0 saturated carbocycles. The maximum Gasteiger partial charge on any atom is 0.239 e. The van der Waals surface area contributed by atoms with E-state index in [1.54, 1.807) is 6.92 Å². The summed E-state index contributed by atoms with van der Waals surface area (Å²) in [6.45, 7) is 8.12. The SMILES string of the molecule is Cc1cc(C)c(-c2cn(C)c3c(O)nc(C)nc23)c(C)c1. The minimum absolute atomic E-state index is 0.0358. The summed E-state index contributed by atoms with van der Waals surface area (Å²) in [5.74, 6) is 0.614. The Morgan fingerprint density at radius 3 is 2.24 bits per heavy atom. The van der Waals surface area contributed by atoms with Gasteiger partial charge in [0.15, 0.2) is 0 Å². The van der Waals surface area contributed by atoms with E-state index < -0.39 is 0 Å². The van der Waals surface area contributed by atoms with Crippen molar-refractivity contribution in [2.24, 2.45) is 7.05 Å². The van der Waals surface area contributed by atoms with Gasteiger partial charge in [-0.15, -0.1) is 0 Å². The second-order valence-corrected chi connectivity index (χ2v) is 5.72. The molecule has 0 aliphatic heterocycles. The van der Waals surface area contributed by atoms with Gasteiger partial charge in [0.25, 0.3) is 0 Å². The zero-order chi connectivity index (χ0) is 15.3. The quantitative estimate of drug-likeness (QED) is 0.741. The first-order chi connectivity index (χ1) is 9.88. The highest BCUT2D eigenvalue weighted by atomic mass is 16.3. The molecule has 0 atom stereocenters. The number of nitrogens with zero attached hydrogens (tertiary/aromatic N) is 3. The maximum atomic E-state index is 10.1. The molecule has 4 heteroatoms. The van der Waals surface area contributed by atoms with Crippen molar-refractivity contribution < 1.29 is 5.11 Å². The molecule has 0 aliphatic rings. The summed E-state index contributed by atoms with van der Waals surface area (Å²) in [7, 11) is 1.91. The molecule has 0 unspecified atom stereocenters. The predicted octanol–water partition coefficient (Wildman–Crippen LogP) is 3.57. The zero-order valence-corrected chi connectivity index (χ0v) is 13.0. The summed E-state index contributed by atoms with van der Waals surface area (Å²) in [4.78, 5) is 8.60. The molecular formula is C17H19N3O. The number of hydrogen-bond donors (Lipinski definition) is 1. The Bertz CT molecular complexity index is 839. The van der Waals surface area contributed by atoms with Crippen LogP contribution in [0, 0.1) is 27.7 Å². The molecule has 0 spiro atoms. The van der Waals surface area contributed by atoms with Crippen molar-refractivity contribution in [1.82, 2.24) is 14.5 Å². The molecule has 0 bridgehead atoms. The van der Waals surface area contributed by atoms with Gasteiger partial charge in [-0.1, -0.05) is 17.7 Å². The van der Waals surface area contributed by atoms with Crippen molar-refractivity contribution >= 4 is 11.0 Å². The summed E-state index contributed by atoms with van der Waals surface area (Å²) < 4.78 is 1.89. The van der Waals surface area contributed by atoms with Crippen LogP contribution in [0.15, 0.2) is 18.3 Å². The minimum atomic E-state index is 0.0358. The fourth-order valence-corrected chi connectivity index (χ4v) is 3.17. The molecule has 2 aromatic heterocycles. The van der Waals surface area contributed by atoms with E-state index in [-0.39, 0.29) is 5.88 Å². The first-order valence-electron chi connectivity index (χ1n) is 6.99. The van der Waals surface area contributed by atoms with Gasteiger partial charge in [-0.2, -0.15) is 4.98 Å². The first kappa shape index (κ1) is 13.6. The Hall–Kier alpha value is -2.36. The van der Waals surface area contributed by atoms with Crippen molar-refractivity contribution in [2.75, 3.05) is 0 Å². The topological polar surface area (TPSA) is 50.9 Å². The first-order valence-corrected chi connectivity index (χ1v) is 6.99. The maximum absolute atomic E-state index is 10.1. The number of hydrogen-bond acceptors (Lipinski definition) is 3. The second-order valence-electron chi connectivity index (χ2n) is 5.72. The van der Waals surface area contributed by atoms with Crippen LogP contribution in [-0.2, 0) is 7.05 Å². The van der Waals surface area contributed by atoms with E-state index in [9.17, 15) is 5.11 Å². The number of aromatic nitrogens is 3. The average molecular weight is 281 g/mol. The van der Waals surface area contributed by atoms with Crippen molar-refractivity contribution in [3.63, 3.8) is 0 Å². The van der Waals surface area contributed by atoms with Crippen LogP contribution in [0.25, 0.3) is 22.2 Å². The fourth-order valence-electron chi connectivity index (χ4n) is 3.17. The molecule has 3 rings (SSSR count). The van der Waals surface area contributed by atoms with Crippen LogP contribution in [-0.4, -0.2) is 19.6 Å². The van der Waals surface area contributed by atoms with Crippen LogP contribution < -0.4 is 0 Å². The molecule has 4 nitrogen and oxygen atoms in total. The highest BCUT2D eigenvalue weighted by molar-refractivity contribution is 5.96. The monoisotopic (exact) mass is 281 g/mol. The van der Waals surface area contributed by atoms with Gasteiger partial charge in [-0.05, 0) is 44.4 Å². The Labute approximate surface area is 124 Å². The average Bonchev–Trinajstić information content (AvgIpc) is 2.65. The molecular weight excluding hydrogens is 262 g/mol. The molecule has 0 radical (unpaired) electrons. The van der Waals surface area contributed by atoms with Crippen LogP contribution in [0.3, 0.4) is 0 Å². The zero-order valence-electron chi connectivity index (χ0n) is 13.0. The summed E-state index contributed by atoms with van der Waals surface area (Å²) in [6.07, 6.45) is 2.02. The molecule has 0 saturated heterocycles. The molecule has 0 amide bonds. The third-order valence-corrected chi connectivity index (χ3v) is 3.85. The van der Waals surface area contributed by atoms with Crippen LogP contribution >= 0.6 is 0 Å². The predicted molar refractivity (Wildman–Crippen MR) is 84.6 cm³/mol. The Morgan fingerprint density at radius 1 is 1.00 bits per heavy atom. The Morgan fingerprint density at radius 2 is 1.62 bits per heavy atom. The van der Waals surface area contributed by atoms with Gasteiger partial charge >= 0.3 is 0 Å². The van der Waals surface area contributed by atoms with Crippen LogP contribution in [0.5, 0.6) is 5.88 Å². The number of fused-ring (bicyclic) bond motifs is 1. The van der Waals surface area contributed by atoms with Crippen molar-refractivity contribution in [1.29, 1.82) is 0 Å². The Kier molecular flexibility index (Phi) is 2.97. The smallest absolute Gasteiger partial charge is 0.239 e. The van der Waals surface area contributed by atoms with Gasteiger partial charge in [-0.3, -0.25) is 0 Å². The van der Waals surface area contributed by atoms with Crippen LogP contribution in [0.2, 0.25) is 0 Å². The van der Waals surface area contributed by atoms with E-state index in [0.717, 1.165) is 11.1 Å². The van der Waals surface area contributed by atoms with Gasteiger partial charge in [-0.25, -0.2) is 4.98 Å². The van der Waals surface area contributed by atoms with E-state index in [1.165, 1.54) is 22.3 Å². The lowest BCUT2D eigenvalue weighted by atomic mass is 9.95.